The molecule has 1 amide bonds. The second-order valence-corrected chi connectivity index (χ2v) is 7.28. The molecule has 0 aliphatic carbocycles. The van der Waals surface area contributed by atoms with Gasteiger partial charge in [-0.05, 0) is 37.5 Å². The molecule has 1 aromatic heterocycles. The van der Waals surface area contributed by atoms with Gasteiger partial charge in [0, 0.05) is 25.5 Å². The van der Waals surface area contributed by atoms with Gasteiger partial charge in [-0.1, -0.05) is 25.4 Å². The lowest BCUT2D eigenvalue weighted by molar-refractivity contribution is -0.137. The molecule has 0 saturated heterocycles. The highest BCUT2D eigenvalue weighted by molar-refractivity contribution is 6.33. The molecular formula is C19H24ClF3N4O. The van der Waals surface area contributed by atoms with Crippen molar-refractivity contribution >= 4 is 23.2 Å². The van der Waals surface area contributed by atoms with Gasteiger partial charge in [0.2, 0.25) is 5.91 Å². The number of nitrogens with zero attached hydrogens (tertiary/aromatic N) is 2. The monoisotopic (exact) mass is 416 g/mol. The summed E-state index contributed by atoms with van der Waals surface area (Å²) in [5.41, 5.74) is -0.541. The number of anilines is 1. The van der Waals surface area contributed by atoms with Gasteiger partial charge in [0.1, 0.15) is 11.9 Å². The van der Waals surface area contributed by atoms with Crippen molar-refractivity contribution in [3.63, 3.8) is 0 Å². The van der Waals surface area contributed by atoms with E-state index in [1.807, 2.05) is 31.5 Å². The Morgan fingerprint density at radius 2 is 2.04 bits per heavy atom. The largest absolute Gasteiger partial charge is 0.416 e. The van der Waals surface area contributed by atoms with E-state index in [9.17, 15) is 18.0 Å². The van der Waals surface area contributed by atoms with Crippen molar-refractivity contribution in [1.29, 1.82) is 0 Å². The van der Waals surface area contributed by atoms with E-state index in [0.717, 1.165) is 30.9 Å². The van der Waals surface area contributed by atoms with Crippen LogP contribution in [-0.4, -0.2) is 28.0 Å². The minimum atomic E-state index is -4.47. The van der Waals surface area contributed by atoms with Crippen LogP contribution in [0.4, 0.5) is 18.9 Å². The van der Waals surface area contributed by atoms with Crippen LogP contribution in [0.5, 0.6) is 0 Å². The number of amides is 1. The summed E-state index contributed by atoms with van der Waals surface area (Å²) in [7, 11) is 0. The van der Waals surface area contributed by atoms with Crippen molar-refractivity contribution in [1.82, 2.24) is 14.9 Å². The Hall–Kier alpha value is -2.22. The predicted molar refractivity (Wildman–Crippen MR) is 103 cm³/mol. The van der Waals surface area contributed by atoms with Crippen LogP contribution in [0.1, 0.15) is 31.7 Å². The number of aryl methyl sites for hydroxylation is 2. The lowest BCUT2D eigenvalue weighted by Gasteiger charge is -2.24. The molecule has 0 aliphatic heterocycles. The molecule has 154 valence electrons. The fourth-order valence-corrected chi connectivity index (χ4v) is 2.96. The Labute approximate surface area is 167 Å². The summed E-state index contributed by atoms with van der Waals surface area (Å²) in [5, 5.41) is 5.75. The van der Waals surface area contributed by atoms with Crippen LogP contribution in [0.25, 0.3) is 0 Å². The number of benzene rings is 1. The quantitative estimate of drug-likeness (QED) is 0.622. The second kappa shape index (κ2) is 9.32. The average Bonchev–Trinajstić information content (AvgIpc) is 3.01. The van der Waals surface area contributed by atoms with Gasteiger partial charge in [-0.25, -0.2) is 4.98 Å². The van der Waals surface area contributed by atoms with E-state index in [2.05, 4.69) is 15.6 Å². The predicted octanol–water partition coefficient (Wildman–Crippen LogP) is 4.51. The molecule has 0 saturated carbocycles. The molecule has 28 heavy (non-hydrogen) atoms. The molecule has 2 rings (SSSR count). The van der Waals surface area contributed by atoms with Gasteiger partial charge in [-0.15, -0.1) is 0 Å². The van der Waals surface area contributed by atoms with Crippen LogP contribution in [-0.2, 0) is 17.5 Å². The fourth-order valence-electron chi connectivity index (χ4n) is 2.72. The average molecular weight is 417 g/mol. The van der Waals surface area contributed by atoms with Gasteiger partial charge in [-0.2, -0.15) is 13.2 Å². The van der Waals surface area contributed by atoms with E-state index < -0.39 is 17.8 Å². The smallest absolute Gasteiger partial charge is 0.372 e. The maximum Gasteiger partial charge on any atom is 0.416 e. The van der Waals surface area contributed by atoms with Crippen LogP contribution in [0.15, 0.2) is 30.6 Å². The number of hydrogen-bond acceptors (Lipinski definition) is 3. The van der Waals surface area contributed by atoms with Crippen LogP contribution >= 0.6 is 11.6 Å². The first-order chi connectivity index (χ1) is 13.1. The molecule has 0 fully saturated rings. The number of nitrogens with one attached hydrogen (secondary N) is 2. The van der Waals surface area contributed by atoms with Crippen molar-refractivity contribution in [2.24, 2.45) is 5.92 Å². The number of carbonyl (C=O) groups excluding carboxylic acids is 1. The molecule has 0 bridgehead atoms. The SMILES string of the molecule is Cc1nccn1CCCNC(=O)[C@@H](Nc1ccc(C(F)(F)F)cc1Cl)C(C)C. The minimum Gasteiger partial charge on any atom is -0.372 e. The highest BCUT2D eigenvalue weighted by Gasteiger charge is 2.31. The highest BCUT2D eigenvalue weighted by atomic mass is 35.5. The zero-order chi connectivity index (χ0) is 20.9. The van der Waals surface area contributed by atoms with Crippen LogP contribution < -0.4 is 10.6 Å². The van der Waals surface area contributed by atoms with Gasteiger partial charge < -0.3 is 15.2 Å². The second-order valence-electron chi connectivity index (χ2n) is 6.87. The van der Waals surface area contributed by atoms with Gasteiger partial charge >= 0.3 is 6.18 Å². The summed E-state index contributed by atoms with van der Waals surface area (Å²) in [6.45, 7) is 6.82. The van der Waals surface area contributed by atoms with E-state index in [0.29, 0.717) is 6.54 Å². The standard InChI is InChI=1S/C19H24ClF3N4O/c1-12(2)17(18(28)25-7-4-9-27-10-8-24-13(27)3)26-16-6-5-14(11-15(16)20)19(21,22)23/h5-6,8,10-12,17,26H,4,7,9H2,1-3H3,(H,25,28)/t17-/m0/s1. The number of imidazole rings is 1. The van der Waals surface area contributed by atoms with Crippen molar-refractivity contribution in [3.8, 4) is 0 Å². The summed E-state index contributed by atoms with van der Waals surface area (Å²) < 4.78 is 40.3. The molecule has 1 aromatic carbocycles. The van der Waals surface area contributed by atoms with E-state index in [1.54, 1.807) is 6.20 Å². The molecule has 5 nitrogen and oxygen atoms in total. The zero-order valence-electron chi connectivity index (χ0n) is 16.0. The number of rotatable bonds is 8. The van der Waals surface area contributed by atoms with Crippen LogP contribution in [0.2, 0.25) is 5.02 Å². The lowest BCUT2D eigenvalue weighted by atomic mass is 10.0. The van der Waals surface area contributed by atoms with Crippen molar-refractivity contribution in [3.05, 3.63) is 47.0 Å². The molecule has 2 aromatic rings. The maximum atomic E-state index is 12.8. The third-order valence-electron chi connectivity index (χ3n) is 4.36. The molecule has 2 N–H and O–H groups in total. The van der Waals surface area contributed by atoms with Gasteiger partial charge in [0.15, 0.2) is 0 Å². The summed E-state index contributed by atoms with van der Waals surface area (Å²) >= 11 is 5.98. The summed E-state index contributed by atoms with van der Waals surface area (Å²) in [6, 6.07) is 2.42. The van der Waals surface area contributed by atoms with Crippen molar-refractivity contribution in [2.75, 3.05) is 11.9 Å². The molecule has 0 unspecified atom stereocenters. The van der Waals surface area contributed by atoms with Gasteiger partial charge in [0.25, 0.3) is 0 Å². The first kappa shape index (κ1) is 22.1. The van der Waals surface area contributed by atoms with Crippen LogP contribution in [0.3, 0.4) is 0 Å². The zero-order valence-corrected chi connectivity index (χ0v) is 16.7. The number of alkyl halides is 3. The van der Waals surface area contributed by atoms with E-state index in [1.165, 1.54) is 6.07 Å². The maximum absolute atomic E-state index is 12.8. The molecule has 0 spiro atoms. The lowest BCUT2D eigenvalue weighted by Crippen LogP contribution is -2.43. The van der Waals surface area contributed by atoms with E-state index in [-0.39, 0.29) is 22.5 Å². The molecule has 9 heteroatoms. The highest BCUT2D eigenvalue weighted by Crippen LogP contribution is 2.34. The number of hydrogen-bond donors (Lipinski definition) is 2. The first-order valence-electron chi connectivity index (χ1n) is 8.98. The molecular weight excluding hydrogens is 393 g/mol. The molecule has 0 radical (unpaired) electrons. The Kier molecular flexibility index (Phi) is 7.35. The van der Waals surface area contributed by atoms with E-state index in [4.69, 9.17) is 11.6 Å². The third kappa shape index (κ3) is 5.89. The number of aromatic nitrogens is 2. The van der Waals surface area contributed by atoms with Crippen molar-refractivity contribution < 1.29 is 18.0 Å². The summed E-state index contributed by atoms with van der Waals surface area (Å²) in [5.74, 6) is 0.590. The molecule has 1 atom stereocenters. The number of halogens is 4. The summed E-state index contributed by atoms with van der Waals surface area (Å²) in [4.78, 5) is 16.7. The first-order valence-corrected chi connectivity index (χ1v) is 9.36. The minimum absolute atomic E-state index is 0.0798. The van der Waals surface area contributed by atoms with Gasteiger partial charge in [0.05, 0.1) is 16.3 Å². The Balaban J connectivity index is 1.95. The molecule has 0 aliphatic rings. The van der Waals surface area contributed by atoms with Crippen LogP contribution in [0, 0.1) is 12.8 Å². The fraction of sp³-hybridized carbons (Fsp3) is 0.474. The number of carbonyl (C=O) groups is 1. The normalized spacial score (nSPS) is 12.9. The van der Waals surface area contributed by atoms with E-state index >= 15 is 0 Å². The van der Waals surface area contributed by atoms with Gasteiger partial charge in [-0.3, -0.25) is 4.79 Å². The Morgan fingerprint density at radius 1 is 1.32 bits per heavy atom. The third-order valence-corrected chi connectivity index (χ3v) is 4.67. The Morgan fingerprint density at radius 3 is 2.57 bits per heavy atom. The summed E-state index contributed by atoms with van der Waals surface area (Å²) in [6.07, 6.45) is -0.137. The Bertz CT molecular complexity index is 805. The van der Waals surface area contributed by atoms with Crippen molar-refractivity contribution in [2.45, 2.75) is 46.0 Å². The topological polar surface area (TPSA) is 59.0 Å². The molecule has 1 heterocycles.